The summed E-state index contributed by atoms with van der Waals surface area (Å²) in [6.45, 7) is 11.1. The molecule has 1 heterocycles. The average molecular weight is 219 g/mol. The van der Waals surface area contributed by atoms with Crippen LogP contribution in [0, 0.1) is 5.41 Å². The minimum Gasteiger partial charge on any atom is -0.489 e. The minimum atomic E-state index is 0.0168. The van der Waals surface area contributed by atoms with E-state index in [1.54, 1.807) is 0 Å². The van der Waals surface area contributed by atoms with E-state index in [2.05, 4.69) is 34.6 Å². The van der Waals surface area contributed by atoms with Crippen molar-refractivity contribution in [3.05, 3.63) is 23.8 Å². The molecule has 1 aromatic rings. The van der Waals surface area contributed by atoms with Crippen molar-refractivity contribution < 1.29 is 4.74 Å². The maximum absolute atomic E-state index is 6.09. The third kappa shape index (κ3) is 1.57. The molecule has 1 atom stereocenters. The fraction of sp³-hybridized carbons (Fsp3) is 0.571. The molecule has 0 fully saturated rings. The van der Waals surface area contributed by atoms with E-state index in [-0.39, 0.29) is 16.9 Å². The predicted molar refractivity (Wildman–Crippen MR) is 67.8 cm³/mol. The fourth-order valence-corrected chi connectivity index (χ4v) is 2.83. The van der Waals surface area contributed by atoms with Gasteiger partial charge in [-0.1, -0.05) is 34.6 Å². The zero-order chi connectivity index (χ0) is 12.1. The van der Waals surface area contributed by atoms with Crippen molar-refractivity contribution in [2.75, 3.05) is 5.73 Å². The Morgan fingerprint density at radius 1 is 1.25 bits per heavy atom. The highest BCUT2D eigenvalue weighted by atomic mass is 16.5. The Hall–Kier alpha value is -1.18. The summed E-state index contributed by atoms with van der Waals surface area (Å²) in [5, 5.41) is 0. The van der Waals surface area contributed by atoms with E-state index in [0.717, 1.165) is 11.4 Å². The molecule has 0 spiro atoms. The number of hydrogen-bond acceptors (Lipinski definition) is 2. The Morgan fingerprint density at radius 2 is 1.88 bits per heavy atom. The van der Waals surface area contributed by atoms with Crippen molar-refractivity contribution in [1.82, 2.24) is 0 Å². The number of nitrogen functional groups attached to an aromatic ring is 1. The lowest BCUT2D eigenvalue weighted by molar-refractivity contribution is 0.0562. The van der Waals surface area contributed by atoms with Crippen LogP contribution in [0.5, 0.6) is 5.75 Å². The van der Waals surface area contributed by atoms with E-state index < -0.39 is 0 Å². The third-order valence-electron chi connectivity index (χ3n) is 3.38. The molecule has 0 aromatic heterocycles. The molecule has 2 N–H and O–H groups in total. The van der Waals surface area contributed by atoms with Crippen molar-refractivity contribution in [3.63, 3.8) is 0 Å². The number of anilines is 1. The first-order valence-electron chi connectivity index (χ1n) is 5.79. The van der Waals surface area contributed by atoms with Crippen LogP contribution in [-0.2, 0) is 5.41 Å². The van der Waals surface area contributed by atoms with Crippen LogP contribution in [0.3, 0.4) is 0 Å². The van der Waals surface area contributed by atoms with Crippen LogP contribution in [0.2, 0.25) is 0 Å². The monoisotopic (exact) mass is 219 g/mol. The van der Waals surface area contributed by atoms with Crippen molar-refractivity contribution in [2.24, 2.45) is 5.41 Å². The van der Waals surface area contributed by atoms with Crippen LogP contribution >= 0.6 is 0 Å². The van der Waals surface area contributed by atoms with Crippen LogP contribution in [0.15, 0.2) is 18.2 Å². The number of nitrogens with two attached hydrogens (primary N) is 1. The quantitative estimate of drug-likeness (QED) is 0.679. The van der Waals surface area contributed by atoms with Gasteiger partial charge in [0.2, 0.25) is 0 Å². The summed E-state index contributed by atoms with van der Waals surface area (Å²) < 4.78 is 6.09. The van der Waals surface area contributed by atoms with Crippen LogP contribution in [0.4, 0.5) is 5.69 Å². The van der Waals surface area contributed by atoms with Gasteiger partial charge in [0.05, 0.1) is 0 Å². The minimum absolute atomic E-state index is 0.0168. The van der Waals surface area contributed by atoms with E-state index in [1.165, 1.54) is 5.56 Å². The van der Waals surface area contributed by atoms with Gasteiger partial charge in [0, 0.05) is 16.7 Å². The van der Waals surface area contributed by atoms with Gasteiger partial charge >= 0.3 is 0 Å². The molecule has 88 valence electrons. The van der Waals surface area contributed by atoms with Gasteiger partial charge < -0.3 is 10.5 Å². The summed E-state index contributed by atoms with van der Waals surface area (Å²) in [7, 11) is 0. The standard InChI is InChI=1S/C14H21NO/c1-13(2,3)12-14(4,5)10-8-9(15)6-7-11(10)16-12/h6-8,12H,15H2,1-5H3. The Labute approximate surface area is 97.8 Å². The highest BCUT2D eigenvalue weighted by Gasteiger charge is 2.47. The van der Waals surface area contributed by atoms with Gasteiger partial charge in [0.15, 0.2) is 0 Å². The summed E-state index contributed by atoms with van der Waals surface area (Å²) >= 11 is 0. The third-order valence-corrected chi connectivity index (χ3v) is 3.38. The highest BCUT2D eigenvalue weighted by molar-refractivity contribution is 5.53. The molecule has 2 heteroatoms. The van der Waals surface area contributed by atoms with Crippen molar-refractivity contribution in [3.8, 4) is 5.75 Å². The van der Waals surface area contributed by atoms with Gasteiger partial charge in [0.25, 0.3) is 0 Å². The van der Waals surface area contributed by atoms with Crippen molar-refractivity contribution in [1.29, 1.82) is 0 Å². The van der Waals surface area contributed by atoms with Gasteiger partial charge in [0.1, 0.15) is 11.9 Å². The zero-order valence-corrected chi connectivity index (χ0v) is 10.8. The molecule has 2 nitrogen and oxygen atoms in total. The summed E-state index contributed by atoms with van der Waals surface area (Å²) in [6, 6.07) is 5.93. The molecule has 1 aliphatic heterocycles. The van der Waals surface area contributed by atoms with Gasteiger partial charge in [-0.25, -0.2) is 0 Å². The first kappa shape index (κ1) is 11.3. The van der Waals surface area contributed by atoms with Crippen LogP contribution < -0.4 is 10.5 Å². The smallest absolute Gasteiger partial charge is 0.123 e. The van der Waals surface area contributed by atoms with Gasteiger partial charge in [-0.05, 0) is 23.6 Å². The Kier molecular flexibility index (Phi) is 2.23. The van der Waals surface area contributed by atoms with E-state index in [0.29, 0.717) is 0 Å². The summed E-state index contributed by atoms with van der Waals surface area (Å²) in [5.41, 5.74) is 8.03. The maximum atomic E-state index is 6.09. The molecule has 0 amide bonds. The molecule has 0 saturated heterocycles. The summed E-state index contributed by atoms with van der Waals surface area (Å²) in [6.07, 6.45) is 0.191. The summed E-state index contributed by atoms with van der Waals surface area (Å²) in [4.78, 5) is 0. The van der Waals surface area contributed by atoms with E-state index in [4.69, 9.17) is 10.5 Å². The van der Waals surface area contributed by atoms with Crippen LogP contribution in [-0.4, -0.2) is 6.10 Å². The van der Waals surface area contributed by atoms with Gasteiger partial charge in [-0.2, -0.15) is 0 Å². The Bertz CT molecular complexity index is 415. The van der Waals surface area contributed by atoms with E-state index in [9.17, 15) is 0 Å². The van der Waals surface area contributed by atoms with E-state index in [1.807, 2.05) is 18.2 Å². The van der Waals surface area contributed by atoms with Gasteiger partial charge in [-0.15, -0.1) is 0 Å². The number of rotatable bonds is 0. The molecule has 0 aliphatic carbocycles. The van der Waals surface area contributed by atoms with Gasteiger partial charge in [-0.3, -0.25) is 0 Å². The SMILES string of the molecule is CC(C)(C)C1Oc2ccc(N)cc2C1(C)C. The molecule has 2 rings (SSSR count). The molecular formula is C14H21NO. The molecule has 0 saturated carbocycles. The number of ether oxygens (including phenoxy) is 1. The summed E-state index contributed by atoms with van der Waals surface area (Å²) in [5.74, 6) is 0.985. The van der Waals surface area contributed by atoms with Crippen molar-refractivity contribution in [2.45, 2.75) is 46.1 Å². The second-order valence-corrected chi connectivity index (χ2v) is 6.34. The topological polar surface area (TPSA) is 35.2 Å². The molecule has 1 aliphatic rings. The molecular weight excluding hydrogens is 198 g/mol. The zero-order valence-electron chi connectivity index (χ0n) is 10.8. The fourth-order valence-electron chi connectivity index (χ4n) is 2.83. The lowest BCUT2D eigenvalue weighted by atomic mass is 9.71. The largest absolute Gasteiger partial charge is 0.489 e. The molecule has 1 unspecified atom stereocenters. The first-order chi connectivity index (χ1) is 7.23. The number of fused-ring (bicyclic) bond motifs is 1. The molecule has 16 heavy (non-hydrogen) atoms. The molecule has 1 aromatic carbocycles. The maximum Gasteiger partial charge on any atom is 0.123 e. The second-order valence-electron chi connectivity index (χ2n) is 6.34. The lowest BCUT2D eigenvalue weighted by Gasteiger charge is -2.36. The number of benzene rings is 1. The lowest BCUT2D eigenvalue weighted by Crippen LogP contribution is -2.42. The normalized spacial score (nSPS) is 22.7. The second kappa shape index (κ2) is 3.16. The number of hydrogen-bond donors (Lipinski definition) is 1. The Balaban J connectivity index is 2.50. The van der Waals surface area contributed by atoms with Crippen molar-refractivity contribution >= 4 is 5.69 Å². The Morgan fingerprint density at radius 3 is 2.44 bits per heavy atom. The highest BCUT2D eigenvalue weighted by Crippen LogP contribution is 2.48. The average Bonchev–Trinajstić information content (AvgIpc) is 2.38. The predicted octanol–water partition coefficient (Wildman–Crippen LogP) is 3.35. The first-order valence-corrected chi connectivity index (χ1v) is 5.79. The van der Waals surface area contributed by atoms with E-state index >= 15 is 0 Å². The molecule has 0 radical (unpaired) electrons. The van der Waals surface area contributed by atoms with Crippen LogP contribution in [0.25, 0.3) is 0 Å². The van der Waals surface area contributed by atoms with Crippen LogP contribution in [0.1, 0.15) is 40.2 Å². The molecule has 0 bridgehead atoms.